The van der Waals surface area contributed by atoms with Crippen LogP contribution in [0.5, 0.6) is 0 Å². The summed E-state index contributed by atoms with van der Waals surface area (Å²) in [4.78, 5) is 0. The summed E-state index contributed by atoms with van der Waals surface area (Å²) in [7, 11) is 0. The zero-order valence-corrected chi connectivity index (χ0v) is 11.5. The monoisotopic (exact) mass is 210 g/mol. The SMILES string of the molecule is C=C(/C=C/CC)CC.CCCC(C)CC. The number of hydrogen-bond donors (Lipinski definition) is 0. The van der Waals surface area contributed by atoms with Gasteiger partial charge in [-0.3, -0.25) is 0 Å². The van der Waals surface area contributed by atoms with Gasteiger partial charge >= 0.3 is 0 Å². The molecule has 0 aliphatic heterocycles. The second-order valence-electron chi connectivity index (χ2n) is 4.12. The van der Waals surface area contributed by atoms with Crippen molar-refractivity contribution in [1.82, 2.24) is 0 Å². The van der Waals surface area contributed by atoms with Gasteiger partial charge in [0.05, 0.1) is 0 Å². The van der Waals surface area contributed by atoms with Crippen LogP contribution in [0.4, 0.5) is 0 Å². The van der Waals surface area contributed by atoms with E-state index in [1.807, 2.05) is 0 Å². The molecule has 15 heavy (non-hydrogen) atoms. The number of rotatable bonds is 6. The van der Waals surface area contributed by atoms with Gasteiger partial charge in [-0.1, -0.05) is 78.2 Å². The first-order valence-corrected chi connectivity index (χ1v) is 6.46. The van der Waals surface area contributed by atoms with Crippen LogP contribution in [0, 0.1) is 5.92 Å². The highest BCUT2D eigenvalue weighted by molar-refractivity contribution is 5.12. The summed E-state index contributed by atoms with van der Waals surface area (Å²) in [6.07, 6.45) is 10.5. The molecule has 0 aromatic rings. The van der Waals surface area contributed by atoms with Crippen LogP contribution in [-0.4, -0.2) is 0 Å². The molecule has 0 N–H and O–H groups in total. The first-order valence-electron chi connectivity index (χ1n) is 6.46. The van der Waals surface area contributed by atoms with Crippen LogP contribution in [0.25, 0.3) is 0 Å². The fourth-order valence-electron chi connectivity index (χ4n) is 1.10. The Morgan fingerprint density at radius 1 is 1.20 bits per heavy atom. The molecular weight excluding hydrogens is 180 g/mol. The molecular formula is C15H30. The van der Waals surface area contributed by atoms with E-state index in [0.29, 0.717) is 0 Å². The third-order valence-corrected chi connectivity index (χ3v) is 2.52. The Morgan fingerprint density at radius 2 is 1.80 bits per heavy atom. The van der Waals surface area contributed by atoms with E-state index in [1.165, 1.54) is 24.8 Å². The van der Waals surface area contributed by atoms with Crippen LogP contribution in [0.15, 0.2) is 24.3 Å². The highest BCUT2D eigenvalue weighted by Crippen LogP contribution is 2.07. The second kappa shape index (κ2) is 13.5. The largest absolute Gasteiger partial charge is 0.0959 e. The van der Waals surface area contributed by atoms with E-state index in [9.17, 15) is 0 Å². The van der Waals surface area contributed by atoms with Crippen LogP contribution in [0.2, 0.25) is 0 Å². The van der Waals surface area contributed by atoms with Crippen molar-refractivity contribution in [2.24, 2.45) is 5.92 Å². The van der Waals surface area contributed by atoms with Crippen molar-refractivity contribution in [2.45, 2.75) is 66.7 Å². The molecule has 0 bridgehead atoms. The maximum absolute atomic E-state index is 3.82. The average molecular weight is 210 g/mol. The zero-order valence-electron chi connectivity index (χ0n) is 11.5. The summed E-state index contributed by atoms with van der Waals surface area (Å²) < 4.78 is 0. The molecule has 1 unspecified atom stereocenters. The van der Waals surface area contributed by atoms with E-state index in [1.54, 1.807) is 0 Å². The van der Waals surface area contributed by atoms with E-state index >= 15 is 0 Å². The Balaban J connectivity index is 0. The maximum atomic E-state index is 3.82. The van der Waals surface area contributed by atoms with E-state index in [-0.39, 0.29) is 0 Å². The molecule has 0 saturated heterocycles. The zero-order chi connectivity index (χ0) is 12.1. The standard InChI is InChI=1S/C8H14.C7H16/c1-4-6-7-8(3)5-2;1-4-6-7(3)5-2/h6-7H,3-5H2,1-2H3;7H,4-6H2,1-3H3/b7-6+;. The van der Waals surface area contributed by atoms with Crippen molar-refractivity contribution in [3.05, 3.63) is 24.3 Å². The average Bonchev–Trinajstić information content (AvgIpc) is 2.26. The van der Waals surface area contributed by atoms with Crippen LogP contribution >= 0.6 is 0 Å². The van der Waals surface area contributed by atoms with Gasteiger partial charge in [0.2, 0.25) is 0 Å². The van der Waals surface area contributed by atoms with Crippen LogP contribution in [0.1, 0.15) is 66.7 Å². The molecule has 0 aliphatic carbocycles. The molecule has 0 spiro atoms. The Kier molecular flexibility index (Phi) is 15.2. The fraction of sp³-hybridized carbons (Fsp3) is 0.733. The molecule has 0 heteroatoms. The molecule has 0 heterocycles. The minimum absolute atomic E-state index is 0.949. The normalized spacial score (nSPS) is 12.1. The van der Waals surface area contributed by atoms with Crippen LogP contribution in [0.3, 0.4) is 0 Å². The fourth-order valence-corrected chi connectivity index (χ4v) is 1.10. The summed E-state index contributed by atoms with van der Waals surface area (Å²) >= 11 is 0. The van der Waals surface area contributed by atoms with Gasteiger partial charge in [-0.15, -0.1) is 0 Å². The molecule has 0 saturated carbocycles. The van der Waals surface area contributed by atoms with E-state index in [4.69, 9.17) is 0 Å². The quantitative estimate of drug-likeness (QED) is 0.489. The lowest BCUT2D eigenvalue weighted by atomic mass is 10.0. The van der Waals surface area contributed by atoms with Crippen molar-refractivity contribution >= 4 is 0 Å². The molecule has 90 valence electrons. The van der Waals surface area contributed by atoms with Gasteiger partial charge in [-0.2, -0.15) is 0 Å². The van der Waals surface area contributed by atoms with E-state index in [2.05, 4.69) is 53.3 Å². The third-order valence-electron chi connectivity index (χ3n) is 2.52. The molecule has 0 rings (SSSR count). The molecule has 0 nitrogen and oxygen atoms in total. The van der Waals surface area contributed by atoms with E-state index in [0.717, 1.165) is 18.8 Å². The second-order valence-corrected chi connectivity index (χ2v) is 4.12. The summed E-state index contributed by atoms with van der Waals surface area (Å²) in [5.41, 5.74) is 1.21. The summed E-state index contributed by atoms with van der Waals surface area (Å²) in [5.74, 6) is 0.949. The van der Waals surface area contributed by atoms with Gasteiger partial charge < -0.3 is 0 Å². The van der Waals surface area contributed by atoms with E-state index < -0.39 is 0 Å². The van der Waals surface area contributed by atoms with Gasteiger partial charge in [-0.25, -0.2) is 0 Å². The molecule has 0 radical (unpaired) electrons. The lowest BCUT2D eigenvalue weighted by Gasteiger charge is -2.02. The molecule has 0 aliphatic rings. The van der Waals surface area contributed by atoms with Gasteiger partial charge in [0.25, 0.3) is 0 Å². The summed E-state index contributed by atoms with van der Waals surface area (Å²) in [6, 6.07) is 0. The van der Waals surface area contributed by atoms with Crippen LogP contribution in [-0.2, 0) is 0 Å². The van der Waals surface area contributed by atoms with Gasteiger partial charge in [-0.05, 0) is 18.8 Å². The molecule has 0 aromatic heterocycles. The predicted octanol–water partition coefficient (Wildman–Crippen LogP) is 5.75. The Morgan fingerprint density at radius 3 is 2.07 bits per heavy atom. The summed E-state index contributed by atoms with van der Waals surface area (Å²) in [5, 5.41) is 0. The highest BCUT2D eigenvalue weighted by Gasteiger charge is 1.92. The molecule has 0 fully saturated rings. The Bertz CT molecular complexity index is 153. The van der Waals surface area contributed by atoms with Gasteiger partial charge in [0, 0.05) is 0 Å². The Hall–Kier alpha value is -0.520. The minimum atomic E-state index is 0.949. The van der Waals surface area contributed by atoms with Crippen LogP contribution < -0.4 is 0 Å². The molecule has 0 amide bonds. The lowest BCUT2D eigenvalue weighted by Crippen LogP contribution is -1.88. The number of hydrogen-bond acceptors (Lipinski definition) is 0. The molecule has 1 atom stereocenters. The highest BCUT2D eigenvalue weighted by atomic mass is 14.0. The van der Waals surface area contributed by atoms with Gasteiger partial charge in [0.15, 0.2) is 0 Å². The summed E-state index contributed by atoms with van der Waals surface area (Å²) in [6.45, 7) is 14.9. The smallest absolute Gasteiger partial charge is 0.0313 e. The van der Waals surface area contributed by atoms with Crippen molar-refractivity contribution in [1.29, 1.82) is 0 Å². The Labute approximate surface area is 97.5 Å². The number of allylic oxidation sites excluding steroid dienone is 3. The first kappa shape index (κ1) is 16.9. The predicted molar refractivity (Wildman–Crippen MR) is 73.2 cm³/mol. The van der Waals surface area contributed by atoms with Crippen molar-refractivity contribution in [3.8, 4) is 0 Å². The van der Waals surface area contributed by atoms with Gasteiger partial charge in [0.1, 0.15) is 0 Å². The van der Waals surface area contributed by atoms with Crippen molar-refractivity contribution in [2.75, 3.05) is 0 Å². The first-order chi connectivity index (χ1) is 7.12. The van der Waals surface area contributed by atoms with Crippen molar-refractivity contribution in [3.63, 3.8) is 0 Å². The minimum Gasteiger partial charge on any atom is -0.0959 e. The maximum Gasteiger partial charge on any atom is -0.0313 e. The lowest BCUT2D eigenvalue weighted by molar-refractivity contribution is 0.509. The third kappa shape index (κ3) is 16.2. The topological polar surface area (TPSA) is 0 Å². The molecule has 0 aromatic carbocycles. The van der Waals surface area contributed by atoms with Crippen molar-refractivity contribution < 1.29 is 0 Å².